The predicted molar refractivity (Wildman–Crippen MR) is 74.4 cm³/mol. The van der Waals surface area contributed by atoms with E-state index in [2.05, 4.69) is 10.6 Å². The summed E-state index contributed by atoms with van der Waals surface area (Å²) in [5.74, 6) is 1.33. The van der Waals surface area contributed by atoms with Crippen molar-refractivity contribution < 1.29 is 4.79 Å². The molecule has 2 aliphatic rings. The maximum absolute atomic E-state index is 12.2. The van der Waals surface area contributed by atoms with Crippen LogP contribution in [0.25, 0.3) is 0 Å². The van der Waals surface area contributed by atoms with Gasteiger partial charge in [0.25, 0.3) is 0 Å². The van der Waals surface area contributed by atoms with Gasteiger partial charge in [-0.15, -0.1) is 0 Å². The van der Waals surface area contributed by atoms with Gasteiger partial charge in [0, 0.05) is 12.5 Å². The summed E-state index contributed by atoms with van der Waals surface area (Å²) in [6.45, 7) is 3.13. The molecule has 1 saturated heterocycles. The maximum Gasteiger partial charge on any atom is 0.223 e. The molecule has 0 aromatic heterocycles. The Labute approximate surface area is 111 Å². The third kappa shape index (κ3) is 4.60. The summed E-state index contributed by atoms with van der Waals surface area (Å²) in [6, 6.07) is 0. The van der Waals surface area contributed by atoms with Crippen LogP contribution in [0.1, 0.15) is 57.8 Å². The van der Waals surface area contributed by atoms with Crippen LogP contribution in [0.4, 0.5) is 0 Å². The van der Waals surface area contributed by atoms with Gasteiger partial charge in [-0.25, -0.2) is 0 Å². The van der Waals surface area contributed by atoms with Crippen molar-refractivity contribution in [3.05, 3.63) is 0 Å². The molecular weight excluding hydrogens is 224 g/mol. The van der Waals surface area contributed by atoms with E-state index in [1.807, 2.05) is 0 Å². The van der Waals surface area contributed by atoms with E-state index in [9.17, 15) is 4.79 Å². The van der Waals surface area contributed by atoms with Crippen LogP contribution in [0.3, 0.4) is 0 Å². The molecule has 0 aromatic rings. The largest absolute Gasteiger partial charge is 0.356 e. The smallest absolute Gasteiger partial charge is 0.223 e. The lowest BCUT2D eigenvalue weighted by Crippen LogP contribution is -2.38. The average Bonchev–Trinajstić information content (AvgIpc) is 2.37. The molecular formula is C15H28N2O. The third-order valence-electron chi connectivity index (χ3n) is 4.50. The Hall–Kier alpha value is -0.570. The highest BCUT2D eigenvalue weighted by molar-refractivity contribution is 5.78. The van der Waals surface area contributed by atoms with Crippen LogP contribution in [0.15, 0.2) is 0 Å². The fourth-order valence-corrected chi connectivity index (χ4v) is 3.19. The van der Waals surface area contributed by atoms with Gasteiger partial charge >= 0.3 is 0 Å². The minimum absolute atomic E-state index is 0.298. The Morgan fingerprint density at radius 2 is 1.56 bits per heavy atom. The van der Waals surface area contributed by atoms with E-state index in [4.69, 9.17) is 0 Å². The lowest BCUT2D eigenvalue weighted by molar-refractivity contribution is -0.125. The van der Waals surface area contributed by atoms with E-state index in [1.54, 1.807) is 0 Å². The topological polar surface area (TPSA) is 41.1 Å². The van der Waals surface area contributed by atoms with Crippen molar-refractivity contribution in [3.8, 4) is 0 Å². The summed E-state index contributed by atoms with van der Waals surface area (Å²) >= 11 is 0. The van der Waals surface area contributed by atoms with Crippen LogP contribution in [0, 0.1) is 11.8 Å². The van der Waals surface area contributed by atoms with Gasteiger partial charge in [0.2, 0.25) is 5.91 Å². The molecule has 0 bridgehead atoms. The highest BCUT2D eigenvalue weighted by Crippen LogP contribution is 2.22. The van der Waals surface area contributed by atoms with Gasteiger partial charge in [-0.3, -0.25) is 4.79 Å². The molecule has 1 amide bonds. The molecule has 3 heteroatoms. The fraction of sp³-hybridized carbons (Fsp3) is 0.933. The zero-order valence-electron chi connectivity index (χ0n) is 11.5. The van der Waals surface area contributed by atoms with Gasteiger partial charge in [-0.1, -0.05) is 32.1 Å². The standard InChI is InChI=1S/C15H28N2O/c18-15(14-6-4-2-1-3-5-7-14)17-12-13-8-10-16-11-9-13/h13-14,16H,1-12H2,(H,17,18). The van der Waals surface area contributed by atoms with Gasteiger partial charge in [0.15, 0.2) is 0 Å². The second kappa shape index (κ2) is 7.78. The molecule has 1 saturated carbocycles. The first kappa shape index (κ1) is 13.9. The Kier molecular flexibility index (Phi) is 5.98. The molecule has 104 valence electrons. The first-order valence-corrected chi connectivity index (χ1v) is 7.84. The SMILES string of the molecule is O=C(NCC1CCNCC1)C1CCCCCCC1. The number of rotatable bonds is 3. The fourth-order valence-electron chi connectivity index (χ4n) is 3.19. The third-order valence-corrected chi connectivity index (χ3v) is 4.50. The number of piperidine rings is 1. The normalized spacial score (nSPS) is 24.2. The van der Waals surface area contributed by atoms with Gasteiger partial charge in [-0.2, -0.15) is 0 Å². The minimum atomic E-state index is 0.298. The zero-order valence-corrected chi connectivity index (χ0v) is 11.5. The Balaban J connectivity index is 1.68. The molecule has 2 N–H and O–H groups in total. The zero-order chi connectivity index (χ0) is 12.6. The molecule has 0 atom stereocenters. The first-order valence-electron chi connectivity index (χ1n) is 7.84. The molecule has 2 fully saturated rings. The lowest BCUT2D eigenvalue weighted by atomic mass is 9.90. The van der Waals surface area contributed by atoms with Crippen molar-refractivity contribution in [1.82, 2.24) is 10.6 Å². The summed E-state index contributed by atoms with van der Waals surface area (Å²) in [5.41, 5.74) is 0. The van der Waals surface area contributed by atoms with E-state index in [1.165, 1.54) is 44.9 Å². The Bertz CT molecular complexity index is 241. The minimum Gasteiger partial charge on any atom is -0.356 e. The van der Waals surface area contributed by atoms with E-state index in [0.29, 0.717) is 17.7 Å². The number of hydrogen-bond donors (Lipinski definition) is 2. The summed E-state index contributed by atoms with van der Waals surface area (Å²) in [7, 11) is 0. The summed E-state index contributed by atoms with van der Waals surface area (Å²) in [5, 5.41) is 6.57. The van der Waals surface area contributed by atoms with Crippen LogP contribution in [0.5, 0.6) is 0 Å². The summed E-state index contributed by atoms with van der Waals surface area (Å²) in [4.78, 5) is 12.2. The van der Waals surface area contributed by atoms with Crippen molar-refractivity contribution >= 4 is 5.91 Å². The van der Waals surface area contributed by atoms with E-state index >= 15 is 0 Å². The number of amides is 1. The molecule has 3 nitrogen and oxygen atoms in total. The van der Waals surface area contributed by atoms with Gasteiger partial charge in [-0.05, 0) is 44.7 Å². The number of carbonyl (C=O) groups excluding carboxylic acids is 1. The van der Waals surface area contributed by atoms with Crippen LogP contribution in [-0.2, 0) is 4.79 Å². The lowest BCUT2D eigenvalue weighted by Gasteiger charge is -2.24. The van der Waals surface area contributed by atoms with Crippen LogP contribution < -0.4 is 10.6 Å². The van der Waals surface area contributed by atoms with Gasteiger partial charge in [0.1, 0.15) is 0 Å². The second-order valence-electron chi connectivity index (χ2n) is 5.98. The highest BCUT2D eigenvalue weighted by Gasteiger charge is 2.20. The molecule has 0 aromatic carbocycles. The van der Waals surface area contributed by atoms with E-state index in [0.717, 1.165) is 32.5 Å². The molecule has 1 aliphatic carbocycles. The molecule has 0 spiro atoms. The highest BCUT2D eigenvalue weighted by atomic mass is 16.1. The van der Waals surface area contributed by atoms with E-state index in [-0.39, 0.29) is 0 Å². The van der Waals surface area contributed by atoms with Crippen molar-refractivity contribution in [1.29, 1.82) is 0 Å². The number of hydrogen-bond acceptors (Lipinski definition) is 2. The first-order chi connectivity index (χ1) is 8.86. The molecule has 18 heavy (non-hydrogen) atoms. The predicted octanol–water partition coefficient (Wildman–Crippen LogP) is 2.46. The van der Waals surface area contributed by atoms with Gasteiger partial charge < -0.3 is 10.6 Å². The molecule has 0 unspecified atom stereocenters. The Morgan fingerprint density at radius 3 is 2.22 bits per heavy atom. The average molecular weight is 252 g/mol. The maximum atomic E-state index is 12.2. The van der Waals surface area contributed by atoms with Crippen molar-refractivity contribution in [2.75, 3.05) is 19.6 Å². The van der Waals surface area contributed by atoms with Crippen molar-refractivity contribution in [2.45, 2.75) is 57.8 Å². The number of nitrogens with one attached hydrogen (secondary N) is 2. The van der Waals surface area contributed by atoms with Crippen molar-refractivity contribution in [3.63, 3.8) is 0 Å². The molecule has 0 radical (unpaired) electrons. The molecule has 1 aliphatic heterocycles. The summed E-state index contributed by atoms with van der Waals surface area (Å²) in [6.07, 6.45) is 11.1. The quantitative estimate of drug-likeness (QED) is 0.810. The monoisotopic (exact) mass is 252 g/mol. The van der Waals surface area contributed by atoms with Gasteiger partial charge in [0.05, 0.1) is 0 Å². The van der Waals surface area contributed by atoms with Crippen molar-refractivity contribution in [2.24, 2.45) is 11.8 Å². The van der Waals surface area contributed by atoms with Crippen LogP contribution in [0.2, 0.25) is 0 Å². The molecule has 2 rings (SSSR count). The molecule has 1 heterocycles. The Morgan fingerprint density at radius 1 is 0.944 bits per heavy atom. The second-order valence-corrected chi connectivity index (χ2v) is 5.98. The van der Waals surface area contributed by atoms with Crippen LogP contribution >= 0.6 is 0 Å². The summed E-state index contributed by atoms with van der Waals surface area (Å²) < 4.78 is 0. The van der Waals surface area contributed by atoms with Crippen LogP contribution in [-0.4, -0.2) is 25.5 Å². The van der Waals surface area contributed by atoms with E-state index < -0.39 is 0 Å². The number of carbonyl (C=O) groups is 1.